The third-order valence-electron chi connectivity index (χ3n) is 7.77. The van der Waals surface area contributed by atoms with Gasteiger partial charge in [-0.2, -0.15) is 22.9 Å². The molecule has 0 bridgehead atoms. The van der Waals surface area contributed by atoms with Gasteiger partial charge in [0.15, 0.2) is 0 Å². The van der Waals surface area contributed by atoms with E-state index in [4.69, 9.17) is 9.47 Å². The topological polar surface area (TPSA) is 87.8 Å². The molecular formula is C39H20F4N6O2Pd2. The van der Waals surface area contributed by atoms with E-state index in [1.807, 2.05) is 0 Å². The van der Waals surface area contributed by atoms with E-state index in [2.05, 4.69) is 49.2 Å². The minimum Gasteiger partial charge on any atom is -0.503 e. The van der Waals surface area contributed by atoms with Crippen LogP contribution < -0.4 is 9.47 Å². The molecular weight excluding hydrogens is 873 g/mol. The Morgan fingerprint density at radius 1 is 0.528 bits per heavy atom. The van der Waals surface area contributed by atoms with Crippen LogP contribution in [0.2, 0.25) is 0 Å². The Bertz CT molecular complexity index is 2360. The molecule has 0 radical (unpaired) electrons. The predicted molar refractivity (Wildman–Crippen MR) is 179 cm³/mol. The average Bonchev–Trinajstić information content (AvgIpc) is 3.48. The number of hydrogen-bond donors (Lipinski definition) is 0. The SMILES string of the molecule is FC(F)c1cc(Oc2[c-]c3c(cc2)c2ccc(Oc4[c-]c(-c5ccccn5)cc(C(F)F)c4)[c-]c2n3-c2ncncn2)[c-]c(-c2ccccn2)c1.[Pd+2].[Pd+2]. The van der Waals surface area contributed by atoms with E-state index in [0.29, 0.717) is 44.3 Å². The number of alkyl halides is 4. The largest absolute Gasteiger partial charge is 2.00 e. The molecule has 0 aliphatic rings. The van der Waals surface area contributed by atoms with Crippen LogP contribution in [-0.2, 0) is 40.8 Å². The van der Waals surface area contributed by atoms with Gasteiger partial charge in [-0.15, -0.1) is 47.5 Å². The fourth-order valence-corrected chi connectivity index (χ4v) is 5.54. The Hall–Kier alpha value is -5.37. The number of aromatic nitrogens is 6. The molecule has 0 atom stereocenters. The van der Waals surface area contributed by atoms with Crippen LogP contribution in [0.5, 0.6) is 23.0 Å². The van der Waals surface area contributed by atoms with Gasteiger partial charge < -0.3 is 24.0 Å². The van der Waals surface area contributed by atoms with Crippen LogP contribution >= 0.6 is 0 Å². The second-order valence-electron chi connectivity index (χ2n) is 11.1. The summed E-state index contributed by atoms with van der Waals surface area (Å²) in [7, 11) is 0. The summed E-state index contributed by atoms with van der Waals surface area (Å²) in [6.07, 6.45) is 0.263. The Morgan fingerprint density at radius 2 is 1.00 bits per heavy atom. The van der Waals surface area contributed by atoms with Gasteiger partial charge in [0.05, 0.1) is 0 Å². The normalized spacial score (nSPS) is 11.1. The van der Waals surface area contributed by atoms with E-state index in [1.54, 1.807) is 77.6 Å². The fraction of sp³-hybridized carbons (Fsp3) is 0.0513. The zero-order chi connectivity index (χ0) is 34.9. The summed E-state index contributed by atoms with van der Waals surface area (Å²) in [5.74, 6) is 0.710. The molecule has 0 saturated heterocycles. The Labute approximate surface area is 327 Å². The van der Waals surface area contributed by atoms with Crippen LogP contribution in [0.4, 0.5) is 17.6 Å². The summed E-state index contributed by atoms with van der Waals surface area (Å²) in [6, 6.07) is 34.8. The molecule has 0 spiro atoms. The van der Waals surface area contributed by atoms with Crippen molar-refractivity contribution in [2.75, 3.05) is 0 Å². The summed E-state index contributed by atoms with van der Waals surface area (Å²) < 4.78 is 69.4. The van der Waals surface area contributed by atoms with E-state index < -0.39 is 12.9 Å². The van der Waals surface area contributed by atoms with Crippen LogP contribution in [0, 0.1) is 24.3 Å². The second kappa shape index (κ2) is 16.1. The summed E-state index contributed by atoms with van der Waals surface area (Å²) >= 11 is 0. The van der Waals surface area contributed by atoms with Crippen LogP contribution in [0.25, 0.3) is 50.3 Å². The molecule has 0 aliphatic heterocycles. The van der Waals surface area contributed by atoms with Crippen molar-refractivity contribution < 1.29 is 67.9 Å². The molecule has 8 rings (SSSR count). The maximum Gasteiger partial charge on any atom is 2.00 e. The summed E-state index contributed by atoms with van der Waals surface area (Å²) in [6.45, 7) is 0. The number of rotatable bonds is 9. The molecule has 8 nitrogen and oxygen atoms in total. The van der Waals surface area contributed by atoms with E-state index in [1.165, 1.54) is 36.9 Å². The summed E-state index contributed by atoms with van der Waals surface area (Å²) in [4.78, 5) is 21.1. The Morgan fingerprint density at radius 3 is 1.42 bits per heavy atom. The predicted octanol–water partition coefficient (Wildman–Crippen LogP) is 9.75. The van der Waals surface area contributed by atoms with Gasteiger partial charge in [-0.05, 0) is 23.5 Å². The van der Waals surface area contributed by atoms with Crippen LogP contribution in [0.3, 0.4) is 0 Å². The monoisotopic (exact) mass is 892 g/mol. The molecule has 266 valence electrons. The molecule has 0 N–H and O–H groups in total. The summed E-state index contributed by atoms with van der Waals surface area (Å²) in [5.41, 5.74) is 2.04. The maximum absolute atomic E-state index is 13.9. The molecule has 0 fully saturated rings. The maximum atomic E-state index is 13.9. The Kier molecular flexibility index (Phi) is 11.4. The van der Waals surface area contributed by atoms with Crippen molar-refractivity contribution in [2.24, 2.45) is 0 Å². The molecule has 0 unspecified atom stereocenters. The van der Waals surface area contributed by atoms with Crippen molar-refractivity contribution in [3.63, 3.8) is 0 Å². The van der Waals surface area contributed by atoms with Crippen molar-refractivity contribution >= 4 is 21.8 Å². The van der Waals surface area contributed by atoms with Crippen molar-refractivity contribution in [1.29, 1.82) is 0 Å². The van der Waals surface area contributed by atoms with Crippen LogP contribution in [0.15, 0.2) is 110 Å². The Balaban J connectivity index is 0.00000240. The first-order valence-electron chi connectivity index (χ1n) is 15.3. The molecule has 8 aromatic rings. The molecule has 14 heteroatoms. The number of pyridine rings is 2. The van der Waals surface area contributed by atoms with Gasteiger partial charge in [0, 0.05) is 35.4 Å². The first-order chi connectivity index (χ1) is 24.9. The molecule has 0 aliphatic carbocycles. The number of benzene rings is 4. The number of halogens is 4. The van der Waals surface area contributed by atoms with Crippen LogP contribution in [-0.4, -0.2) is 29.5 Å². The van der Waals surface area contributed by atoms with Gasteiger partial charge in [0.1, 0.15) is 12.7 Å². The van der Waals surface area contributed by atoms with Gasteiger partial charge in [0.25, 0.3) is 0 Å². The minimum atomic E-state index is -2.76. The third-order valence-corrected chi connectivity index (χ3v) is 7.77. The number of hydrogen-bond acceptors (Lipinski definition) is 7. The minimum absolute atomic E-state index is 0. The summed E-state index contributed by atoms with van der Waals surface area (Å²) in [5, 5.41) is 1.42. The van der Waals surface area contributed by atoms with Crippen molar-refractivity contribution in [3.8, 4) is 51.5 Å². The molecule has 0 saturated carbocycles. The van der Waals surface area contributed by atoms with Gasteiger partial charge in [-0.3, -0.25) is 0 Å². The van der Waals surface area contributed by atoms with Gasteiger partial charge in [-0.25, -0.2) is 32.5 Å². The van der Waals surface area contributed by atoms with Gasteiger partial charge in [0.2, 0.25) is 18.8 Å². The molecule has 4 aromatic carbocycles. The number of fused-ring (bicyclic) bond motifs is 3. The fourth-order valence-electron chi connectivity index (χ4n) is 5.54. The van der Waals surface area contributed by atoms with E-state index in [-0.39, 0.29) is 80.9 Å². The van der Waals surface area contributed by atoms with Crippen molar-refractivity contribution in [3.05, 3.63) is 145 Å². The van der Waals surface area contributed by atoms with Gasteiger partial charge in [-0.1, -0.05) is 70.7 Å². The van der Waals surface area contributed by atoms with E-state index in [0.717, 1.165) is 0 Å². The molecule has 4 aromatic heterocycles. The number of nitrogens with zero attached hydrogens (tertiary/aromatic N) is 6. The number of ether oxygens (including phenoxy) is 2. The van der Waals surface area contributed by atoms with Crippen molar-refractivity contribution in [1.82, 2.24) is 29.5 Å². The van der Waals surface area contributed by atoms with E-state index in [9.17, 15) is 17.6 Å². The smallest absolute Gasteiger partial charge is 0.503 e. The molecule has 0 amide bonds. The first kappa shape index (κ1) is 37.4. The third kappa shape index (κ3) is 7.87. The zero-order valence-corrected chi connectivity index (χ0v) is 29.8. The van der Waals surface area contributed by atoms with Crippen LogP contribution in [0.1, 0.15) is 24.0 Å². The van der Waals surface area contributed by atoms with Gasteiger partial charge >= 0.3 is 40.8 Å². The second-order valence-corrected chi connectivity index (χ2v) is 11.1. The first-order valence-corrected chi connectivity index (χ1v) is 15.3. The quantitative estimate of drug-likeness (QED) is 0.0811. The molecule has 53 heavy (non-hydrogen) atoms. The zero-order valence-electron chi connectivity index (χ0n) is 26.7. The standard InChI is InChI=1S/C39H20F4N6O2.2Pd/c40-37(41)25-13-23(33-5-1-3-11-45-33)15-29(17-25)50-27-7-9-31-32-10-8-28(20-36(32)49(35(31)19-27)39-47-21-44-22-48-39)51-30-16-24(14-26(18-30)38(42)43)34-6-2-4-12-46-34;;/h1-14,17-18,21-22,37-38H;;/q-4;2*+2. The van der Waals surface area contributed by atoms with E-state index >= 15 is 0 Å². The average molecular weight is 893 g/mol. The molecule has 4 heterocycles. The van der Waals surface area contributed by atoms with Crippen molar-refractivity contribution in [2.45, 2.75) is 12.9 Å².